The van der Waals surface area contributed by atoms with Crippen molar-refractivity contribution in [2.75, 3.05) is 25.7 Å². The molecule has 10 nitrogen and oxygen atoms in total. The Morgan fingerprint density at radius 2 is 1.63 bits per heavy atom. The number of hydrogen-bond acceptors (Lipinski definition) is 8. The van der Waals surface area contributed by atoms with Gasteiger partial charge in [0.2, 0.25) is 6.41 Å². The lowest BCUT2D eigenvalue weighted by molar-refractivity contribution is -0.115. The number of hydrogen-bond donors (Lipinski definition) is 5. The molecule has 5 N–H and O–H groups in total. The molecule has 0 bridgehead atoms. The lowest BCUT2D eigenvalue weighted by Crippen LogP contribution is -2.33. The topological polar surface area (TPSA) is 132 Å². The zero-order chi connectivity index (χ0) is 22.3. The number of rotatable bonds is 5. The van der Waals surface area contributed by atoms with Gasteiger partial charge in [-0.3, -0.25) is 9.59 Å². The molecule has 0 unspecified atom stereocenters. The van der Waals surface area contributed by atoms with Crippen molar-refractivity contribution in [2.45, 2.75) is 18.0 Å². The largest absolute Gasteiger partial charge is 0.351 e. The quantitative estimate of drug-likeness (QED) is 0.429. The van der Waals surface area contributed by atoms with Crippen molar-refractivity contribution in [1.82, 2.24) is 26.8 Å². The summed E-state index contributed by atoms with van der Waals surface area (Å²) in [5.41, 5.74) is 14.1. The fourth-order valence-corrected chi connectivity index (χ4v) is 3.05. The Kier molecular flexibility index (Phi) is 8.03. The van der Waals surface area contributed by atoms with Crippen molar-refractivity contribution < 1.29 is 18.0 Å². The van der Waals surface area contributed by atoms with E-state index in [2.05, 4.69) is 27.2 Å². The van der Waals surface area contributed by atoms with E-state index in [1.165, 1.54) is 17.0 Å². The summed E-state index contributed by atoms with van der Waals surface area (Å²) in [5.74, 6) is -0.302. The van der Waals surface area contributed by atoms with Gasteiger partial charge in [0, 0.05) is 31.6 Å². The van der Waals surface area contributed by atoms with Crippen LogP contribution in [-0.2, 0) is 14.6 Å². The Labute approximate surface area is 175 Å². The van der Waals surface area contributed by atoms with Crippen molar-refractivity contribution in [2.24, 2.45) is 0 Å². The number of hydrazine groups is 3. The van der Waals surface area contributed by atoms with Gasteiger partial charge in [0.25, 0.3) is 5.91 Å². The number of carbonyl (C=O) groups excluding carboxylic acids is 2. The standard InChI is InChI=1S/C16H19N5O3S.C3H7NO/c1-10-3-8-13(25(2,23)24)9-14(10)17-16(22)12-6-4-11(5-7-12)15-18-20-21-19-15;1-4(2)3-5/h3-9,15,18-21H,1-2H3,(H,17,22);3H,1-2H3. The van der Waals surface area contributed by atoms with Crippen molar-refractivity contribution in [3.05, 3.63) is 59.2 Å². The molecule has 0 atom stereocenters. The van der Waals surface area contributed by atoms with Gasteiger partial charge in [0.1, 0.15) is 6.17 Å². The highest BCUT2D eigenvalue weighted by Gasteiger charge is 2.16. The van der Waals surface area contributed by atoms with E-state index in [0.717, 1.165) is 23.8 Å². The number of benzene rings is 2. The highest BCUT2D eigenvalue weighted by atomic mass is 32.2. The second-order valence-corrected chi connectivity index (χ2v) is 8.88. The zero-order valence-electron chi connectivity index (χ0n) is 17.2. The van der Waals surface area contributed by atoms with Crippen LogP contribution in [0, 0.1) is 6.92 Å². The van der Waals surface area contributed by atoms with Crippen LogP contribution in [0.2, 0.25) is 0 Å². The normalized spacial score (nSPS) is 13.9. The van der Waals surface area contributed by atoms with E-state index in [1.807, 2.05) is 19.1 Å². The first-order chi connectivity index (χ1) is 14.1. The van der Waals surface area contributed by atoms with Crippen LogP contribution in [0.5, 0.6) is 0 Å². The number of nitrogens with zero attached hydrogens (tertiary/aromatic N) is 1. The average Bonchev–Trinajstić information content (AvgIpc) is 3.24. The van der Waals surface area contributed by atoms with Crippen molar-refractivity contribution in [3.63, 3.8) is 0 Å². The van der Waals surface area contributed by atoms with Crippen LogP contribution in [0.4, 0.5) is 5.69 Å². The first-order valence-corrected chi connectivity index (χ1v) is 10.9. The summed E-state index contributed by atoms with van der Waals surface area (Å²) in [5, 5.41) is 2.77. The Bertz CT molecular complexity index is 987. The molecule has 11 heteroatoms. The third kappa shape index (κ3) is 6.61. The summed E-state index contributed by atoms with van der Waals surface area (Å²) in [6, 6.07) is 11.7. The SMILES string of the molecule is CN(C)C=O.Cc1ccc(S(C)(=O)=O)cc1NC(=O)c1ccc(C2NNNN2)cc1. The van der Waals surface area contributed by atoms with E-state index in [9.17, 15) is 18.0 Å². The van der Waals surface area contributed by atoms with Crippen molar-refractivity contribution in [3.8, 4) is 0 Å². The maximum absolute atomic E-state index is 12.4. The Morgan fingerprint density at radius 1 is 1.07 bits per heavy atom. The number of sulfone groups is 1. The average molecular weight is 435 g/mol. The molecule has 1 heterocycles. The van der Waals surface area contributed by atoms with Gasteiger partial charge in [-0.15, -0.1) is 0 Å². The molecule has 2 aromatic carbocycles. The van der Waals surface area contributed by atoms with E-state index in [4.69, 9.17) is 0 Å². The molecule has 0 radical (unpaired) electrons. The van der Waals surface area contributed by atoms with Crippen LogP contribution in [0.3, 0.4) is 0 Å². The summed E-state index contributed by atoms with van der Waals surface area (Å²) in [6.07, 6.45) is 1.78. The van der Waals surface area contributed by atoms with Crippen LogP contribution in [0.1, 0.15) is 27.7 Å². The third-order valence-corrected chi connectivity index (χ3v) is 5.21. The fourth-order valence-electron chi connectivity index (χ4n) is 2.41. The summed E-state index contributed by atoms with van der Waals surface area (Å²) in [6.45, 7) is 1.81. The summed E-state index contributed by atoms with van der Waals surface area (Å²) < 4.78 is 23.4. The highest BCUT2D eigenvalue weighted by molar-refractivity contribution is 7.90. The molecule has 2 aromatic rings. The summed E-state index contributed by atoms with van der Waals surface area (Å²) >= 11 is 0. The lowest BCUT2D eigenvalue weighted by Gasteiger charge is -2.12. The van der Waals surface area contributed by atoms with E-state index in [-0.39, 0.29) is 17.0 Å². The van der Waals surface area contributed by atoms with Crippen LogP contribution in [0.15, 0.2) is 47.4 Å². The minimum Gasteiger partial charge on any atom is -0.351 e. The van der Waals surface area contributed by atoms with Crippen LogP contribution < -0.4 is 27.2 Å². The Hall–Kier alpha value is -2.83. The minimum absolute atomic E-state index is 0.106. The highest BCUT2D eigenvalue weighted by Crippen LogP contribution is 2.21. The van der Waals surface area contributed by atoms with E-state index >= 15 is 0 Å². The third-order valence-electron chi connectivity index (χ3n) is 4.10. The molecule has 2 amide bonds. The lowest BCUT2D eigenvalue weighted by atomic mass is 10.1. The fraction of sp³-hybridized carbons (Fsp3) is 0.263. The van der Waals surface area contributed by atoms with Gasteiger partial charge in [-0.1, -0.05) is 18.2 Å². The molecular formula is C19H26N6O4S. The van der Waals surface area contributed by atoms with E-state index in [1.54, 1.807) is 32.3 Å². The van der Waals surface area contributed by atoms with Crippen LogP contribution in [-0.4, -0.2) is 46.0 Å². The molecule has 0 aromatic heterocycles. The van der Waals surface area contributed by atoms with Crippen molar-refractivity contribution >= 4 is 27.8 Å². The van der Waals surface area contributed by atoms with Gasteiger partial charge in [-0.05, 0) is 42.3 Å². The van der Waals surface area contributed by atoms with Crippen LogP contribution in [0.25, 0.3) is 0 Å². The van der Waals surface area contributed by atoms with Crippen LogP contribution >= 0.6 is 0 Å². The first-order valence-electron chi connectivity index (χ1n) is 8.96. The predicted octanol–water partition coefficient (Wildman–Crippen LogP) is 0.471. The van der Waals surface area contributed by atoms with Gasteiger partial charge < -0.3 is 10.2 Å². The Balaban J connectivity index is 0.000000575. The number of aryl methyl sites for hydroxylation is 1. The molecule has 30 heavy (non-hydrogen) atoms. The van der Waals surface area contributed by atoms with Gasteiger partial charge in [-0.25, -0.2) is 19.3 Å². The molecular weight excluding hydrogens is 408 g/mol. The molecule has 0 aliphatic carbocycles. The summed E-state index contributed by atoms with van der Waals surface area (Å²) in [4.78, 5) is 23.5. The second kappa shape index (κ2) is 10.3. The molecule has 1 saturated heterocycles. The smallest absolute Gasteiger partial charge is 0.255 e. The van der Waals surface area contributed by atoms with E-state index in [0.29, 0.717) is 11.3 Å². The molecule has 1 aliphatic heterocycles. The van der Waals surface area contributed by atoms with Crippen molar-refractivity contribution in [1.29, 1.82) is 0 Å². The molecule has 0 saturated carbocycles. The summed E-state index contributed by atoms with van der Waals surface area (Å²) in [7, 11) is 0.0404. The first kappa shape index (κ1) is 23.4. The van der Waals surface area contributed by atoms with Gasteiger partial charge in [-0.2, -0.15) is 11.1 Å². The maximum atomic E-state index is 12.4. The monoisotopic (exact) mass is 434 g/mol. The Morgan fingerprint density at radius 3 is 2.13 bits per heavy atom. The predicted molar refractivity (Wildman–Crippen MR) is 114 cm³/mol. The molecule has 0 spiro atoms. The molecule has 1 fully saturated rings. The number of nitrogens with one attached hydrogen (secondary N) is 5. The molecule has 3 rings (SSSR count). The second-order valence-electron chi connectivity index (χ2n) is 6.87. The number of carbonyl (C=O) groups is 2. The molecule has 162 valence electrons. The molecule has 1 aliphatic rings. The maximum Gasteiger partial charge on any atom is 0.255 e. The van der Waals surface area contributed by atoms with E-state index < -0.39 is 9.84 Å². The van der Waals surface area contributed by atoms with Gasteiger partial charge >= 0.3 is 0 Å². The number of anilines is 1. The zero-order valence-corrected chi connectivity index (χ0v) is 18.0. The van der Waals surface area contributed by atoms with Gasteiger partial charge in [0.15, 0.2) is 9.84 Å². The van der Waals surface area contributed by atoms with Gasteiger partial charge in [0.05, 0.1) is 4.90 Å². The number of amides is 2. The minimum atomic E-state index is -3.33.